The Kier molecular flexibility index (Phi) is 7.69. The second-order valence-corrected chi connectivity index (χ2v) is 6.75. The third kappa shape index (κ3) is 5.84. The van der Waals surface area contributed by atoms with Crippen LogP contribution in [0, 0.1) is 5.82 Å². The van der Waals surface area contributed by atoms with Crippen LogP contribution in [-0.4, -0.2) is 45.9 Å². The van der Waals surface area contributed by atoms with Gasteiger partial charge in [-0.2, -0.15) is 0 Å². The molecule has 0 aliphatic carbocycles. The first-order valence-corrected chi connectivity index (χ1v) is 9.96. The van der Waals surface area contributed by atoms with Crippen LogP contribution in [0.3, 0.4) is 0 Å². The highest BCUT2D eigenvalue weighted by Crippen LogP contribution is 2.22. The van der Waals surface area contributed by atoms with Crippen molar-refractivity contribution < 1.29 is 13.9 Å². The third-order valence-corrected chi connectivity index (χ3v) is 4.77. The number of hydrogen-bond donors (Lipinski definition) is 2. The lowest BCUT2D eigenvalue weighted by atomic mass is 10.1. The van der Waals surface area contributed by atoms with E-state index in [4.69, 9.17) is 9.47 Å². The smallest absolute Gasteiger partial charge is 0.191 e. The Bertz CT molecular complexity index is 822. The molecule has 1 saturated heterocycles. The molecule has 0 saturated carbocycles. The topological polar surface area (TPSA) is 58.1 Å². The molecule has 0 atom stereocenters. The maximum absolute atomic E-state index is 14.6. The number of halogens is 1. The van der Waals surface area contributed by atoms with Crippen LogP contribution in [0.5, 0.6) is 5.75 Å². The Balaban J connectivity index is 1.64. The van der Waals surface area contributed by atoms with Gasteiger partial charge in [0.15, 0.2) is 5.96 Å². The second kappa shape index (κ2) is 10.7. The first-order valence-electron chi connectivity index (χ1n) is 9.96. The Morgan fingerprint density at radius 3 is 2.69 bits per heavy atom. The fourth-order valence-corrected chi connectivity index (χ4v) is 3.25. The van der Waals surface area contributed by atoms with E-state index in [0.29, 0.717) is 51.0 Å². The first-order chi connectivity index (χ1) is 14.2. The van der Waals surface area contributed by atoms with Crippen molar-refractivity contribution in [1.29, 1.82) is 0 Å². The van der Waals surface area contributed by atoms with Crippen molar-refractivity contribution in [3.63, 3.8) is 0 Å². The van der Waals surface area contributed by atoms with Gasteiger partial charge >= 0.3 is 0 Å². The number of para-hydroxylation sites is 1. The van der Waals surface area contributed by atoms with Crippen molar-refractivity contribution in [3.05, 3.63) is 59.4 Å². The van der Waals surface area contributed by atoms with Gasteiger partial charge < -0.3 is 25.0 Å². The zero-order valence-corrected chi connectivity index (χ0v) is 17.1. The number of aliphatic imine (C=N–C) groups is 1. The number of morpholine rings is 1. The molecule has 2 aromatic rings. The number of nitrogens with one attached hydrogen (secondary N) is 2. The summed E-state index contributed by atoms with van der Waals surface area (Å²) < 4.78 is 25.3. The fourth-order valence-electron chi connectivity index (χ4n) is 3.25. The minimum absolute atomic E-state index is 0.216. The van der Waals surface area contributed by atoms with Crippen LogP contribution < -0.4 is 20.3 Å². The molecule has 2 aromatic carbocycles. The predicted octanol–water partition coefficient (Wildman–Crippen LogP) is 2.93. The Morgan fingerprint density at radius 1 is 1.17 bits per heavy atom. The Labute approximate surface area is 171 Å². The molecule has 7 heteroatoms. The molecule has 1 heterocycles. The molecule has 156 valence electrons. The van der Waals surface area contributed by atoms with Gasteiger partial charge in [-0.3, -0.25) is 0 Å². The van der Waals surface area contributed by atoms with Gasteiger partial charge in [-0.25, -0.2) is 9.38 Å². The molecule has 0 radical (unpaired) electrons. The van der Waals surface area contributed by atoms with Gasteiger partial charge in [-0.15, -0.1) is 0 Å². The van der Waals surface area contributed by atoms with Crippen molar-refractivity contribution in [2.75, 3.05) is 44.9 Å². The van der Waals surface area contributed by atoms with Crippen LogP contribution in [0.1, 0.15) is 18.1 Å². The van der Waals surface area contributed by atoms with Crippen LogP contribution in [0.25, 0.3) is 0 Å². The average Bonchev–Trinajstić information content (AvgIpc) is 2.76. The highest BCUT2D eigenvalue weighted by molar-refractivity contribution is 5.79. The van der Waals surface area contributed by atoms with E-state index in [1.54, 1.807) is 13.2 Å². The molecule has 3 rings (SSSR count). The van der Waals surface area contributed by atoms with E-state index in [1.165, 1.54) is 0 Å². The van der Waals surface area contributed by atoms with Crippen LogP contribution in [0.2, 0.25) is 0 Å². The predicted molar refractivity (Wildman–Crippen MR) is 114 cm³/mol. The summed E-state index contributed by atoms with van der Waals surface area (Å²) in [7, 11) is 1.66. The minimum atomic E-state index is -0.216. The Hall–Kier alpha value is -2.80. The molecule has 0 unspecified atom stereocenters. The largest absolute Gasteiger partial charge is 0.496 e. The summed E-state index contributed by atoms with van der Waals surface area (Å²) in [5.41, 5.74) is 2.50. The summed E-state index contributed by atoms with van der Waals surface area (Å²) in [6, 6.07) is 13.2. The first kappa shape index (κ1) is 20.9. The van der Waals surface area contributed by atoms with Gasteiger partial charge in [0, 0.05) is 31.7 Å². The lowest BCUT2D eigenvalue weighted by Gasteiger charge is -2.29. The molecule has 2 N–H and O–H groups in total. The number of anilines is 1. The zero-order valence-electron chi connectivity index (χ0n) is 17.1. The number of rotatable bonds is 7. The van der Waals surface area contributed by atoms with Crippen LogP contribution in [0.15, 0.2) is 47.5 Å². The number of hydrogen-bond acceptors (Lipinski definition) is 4. The van der Waals surface area contributed by atoms with Crippen molar-refractivity contribution in [3.8, 4) is 5.75 Å². The zero-order chi connectivity index (χ0) is 20.5. The number of nitrogens with zero attached hydrogens (tertiary/aromatic N) is 2. The number of methoxy groups -OCH3 is 1. The van der Waals surface area contributed by atoms with Gasteiger partial charge in [0.2, 0.25) is 0 Å². The summed E-state index contributed by atoms with van der Waals surface area (Å²) in [6.45, 7) is 6.42. The summed E-state index contributed by atoms with van der Waals surface area (Å²) in [4.78, 5) is 6.61. The van der Waals surface area contributed by atoms with Crippen LogP contribution in [0.4, 0.5) is 10.1 Å². The van der Waals surface area contributed by atoms with Crippen molar-refractivity contribution >= 4 is 11.6 Å². The SMILES string of the molecule is CCNC(=NCc1ccc(N2CCOCC2)c(F)c1)NCc1ccccc1OC. The van der Waals surface area contributed by atoms with Crippen LogP contribution in [-0.2, 0) is 17.8 Å². The van der Waals surface area contributed by atoms with E-state index in [-0.39, 0.29) is 5.82 Å². The molecular weight excluding hydrogens is 371 g/mol. The van der Waals surface area contributed by atoms with Crippen molar-refractivity contribution in [2.45, 2.75) is 20.0 Å². The van der Waals surface area contributed by atoms with Crippen molar-refractivity contribution in [2.24, 2.45) is 4.99 Å². The summed E-state index contributed by atoms with van der Waals surface area (Å²) in [6.07, 6.45) is 0. The molecule has 1 aliphatic heterocycles. The lowest BCUT2D eigenvalue weighted by Crippen LogP contribution is -2.37. The van der Waals surface area contributed by atoms with E-state index < -0.39 is 0 Å². The van der Waals surface area contributed by atoms with E-state index in [0.717, 1.165) is 23.4 Å². The molecule has 6 nitrogen and oxygen atoms in total. The normalized spacial score (nSPS) is 14.6. The van der Waals surface area contributed by atoms with E-state index in [1.807, 2.05) is 48.2 Å². The number of guanidine groups is 1. The number of ether oxygens (including phenoxy) is 2. The van der Waals surface area contributed by atoms with E-state index in [9.17, 15) is 4.39 Å². The van der Waals surface area contributed by atoms with E-state index in [2.05, 4.69) is 15.6 Å². The number of benzene rings is 2. The second-order valence-electron chi connectivity index (χ2n) is 6.75. The van der Waals surface area contributed by atoms with Gasteiger partial charge in [0.1, 0.15) is 11.6 Å². The highest BCUT2D eigenvalue weighted by atomic mass is 19.1. The maximum Gasteiger partial charge on any atom is 0.191 e. The van der Waals surface area contributed by atoms with Gasteiger partial charge in [-0.05, 0) is 30.7 Å². The molecule has 1 fully saturated rings. The lowest BCUT2D eigenvalue weighted by molar-refractivity contribution is 0.122. The molecule has 1 aliphatic rings. The standard InChI is InChI=1S/C22H29FN4O2/c1-3-24-22(26-16-18-6-4-5-7-21(18)28-2)25-15-17-8-9-20(19(23)14-17)27-10-12-29-13-11-27/h4-9,14H,3,10-13,15-16H2,1-2H3,(H2,24,25,26). The fraction of sp³-hybridized carbons (Fsp3) is 0.409. The highest BCUT2D eigenvalue weighted by Gasteiger charge is 2.15. The minimum Gasteiger partial charge on any atom is -0.496 e. The quantitative estimate of drug-likeness (QED) is 0.553. The Morgan fingerprint density at radius 2 is 1.97 bits per heavy atom. The third-order valence-electron chi connectivity index (χ3n) is 4.77. The summed E-state index contributed by atoms with van der Waals surface area (Å²) in [5, 5.41) is 6.52. The monoisotopic (exact) mass is 400 g/mol. The molecule has 0 bridgehead atoms. The molecule has 0 amide bonds. The summed E-state index contributed by atoms with van der Waals surface area (Å²) in [5.74, 6) is 1.29. The van der Waals surface area contributed by atoms with Gasteiger partial charge in [0.05, 0.1) is 32.6 Å². The molecular formula is C22H29FN4O2. The molecule has 29 heavy (non-hydrogen) atoms. The van der Waals surface area contributed by atoms with Crippen molar-refractivity contribution in [1.82, 2.24) is 10.6 Å². The average molecular weight is 400 g/mol. The molecule has 0 aromatic heterocycles. The molecule has 0 spiro atoms. The van der Waals surface area contributed by atoms with Crippen LogP contribution >= 0.6 is 0 Å². The summed E-state index contributed by atoms with van der Waals surface area (Å²) >= 11 is 0. The van der Waals surface area contributed by atoms with Gasteiger partial charge in [-0.1, -0.05) is 24.3 Å². The van der Waals surface area contributed by atoms with E-state index >= 15 is 0 Å². The van der Waals surface area contributed by atoms with Gasteiger partial charge in [0.25, 0.3) is 0 Å². The maximum atomic E-state index is 14.6.